The third-order valence-electron chi connectivity index (χ3n) is 6.04. The molecule has 0 radical (unpaired) electrons. The van der Waals surface area contributed by atoms with Gasteiger partial charge in [0.25, 0.3) is 0 Å². The molecule has 1 aliphatic rings. The average Bonchev–Trinajstić information content (AvgIpc) is 2.78. The van der Waals surface area contributed by atoms with E-state index in [9.17, 15) is 4.79 Å². The number of carbonyl (C=O) groups excluding carboxylic acids is 1. The normalized spacial score (nSPS) is 14.6. The largest absolute Gasteiger partial charge is 0.326 e. The van der Waals surface area contributed by atoms with Crippen molar-refractivity contribution in [3.8, 4) is 0 Å². The minimum Gasteiger partial charge on any atom is -0.326 e. The molecule has 0 saturated heterocycles. The van der Waals surface area contributed by atoms with Gasteiger partial charge >= 0.3 is 0 Å². The van der Waals surface area contributed by atoms with E-state index in [0.717, 1.165) is 53.9 Å². The molecule has 0 bridgehead atoms. The molecule has 0 aliphatic heterocycles. The van der Waals surface area contributed by atoms with Crippen LogP contribution in [-0.4, -0.2) is 34.6 Å². The van der Waals surface area contributed by atoms with E-state index in [4.69, 9.17) is 23.2 Å². The summed E-state index contributed by atoms with van der Waals surface area (Å²) in [4.78, 5) is 20.5. The van der Waals surface area contributed by atoms with Crippen LogP contribution >= 0.6 is 35.0 Å². The highest BCUT2D eigenvalue weighted by Crippen LogP contribution is 2.32. The van der Waals surface area contributed by atoms with Gasteiger partial charge in [0.05, 0.1) is 6.42 Å². The van der Waals surface area contributed by atoms with Crippen molar-refractivity contribution in [3.63, 3.8) is 0 Å². The van der Waals surface area contributed by atoms with Crippen LogP contribution in [0.25, 0.3) is 0 Å². The van der Waals surface area contributed by atoms with Crippen LogP contribution in [0.2, 0.25) is 10.0 Å². The summed E-state index contributed by atoms with van der Waals surface area (Å²) in [5.74, 6) is 1.63. The Morgan fingerprint density at radius 3 is 2.48 bits per heavy atom. The van der Waals surface area contributed by atoms with Crippen LogP contribution < -0.4 is 5.32 Å². The van der Waals surface area contributed by atoms with Gasteiger partial charge in [-0.15, -0.1) is 11.8 Å². The molecule has 1 N–H and O–H groups in total. The minimum absolute atomic E-state index is 0.136. The molecule has 7 heteroatoms. The predicted octanol–water partition coefficient (Wildman–Crippen LogP) is 7.47. The zero-order valence-corrected chi connectivity index (χ0v) is 22.0. The summed E-state index contributed by atoms with van der Waals surface area (Å²) in [6.07, 6.45) is 9.82. The molecule has 2 aromatic rings. The van der Waals surface area contributed by atoms with Crippen LogP contribution in [0.4, 0.5) is 5.69 Å². The number of hydrogen-bond donors (Lipinski definition) is 1. The highest BCUT2D eigenvalue weighted by atomic mass is 35.5. The number of pyridine rings is 1. The Labute approximate surface area is 212 Å². The Balaban J connectivity index is 1.61. The molecule has 0 unspecified atom stereocenters. The first-order valence-electron chi connectivity index (χ1n) is 12.1. The highest BCUT2D eigenvalue weighted by Gasteiger charge is 2.19. The Morgan fingerprint density at radius 1 is 1.15 bits per heavy atom. The van der Waals surface area contributed by atoms with E-state index >= 15 is 0 Å². The number of anilines is 1. The molecule has 0 spiro atoms. The van der Waals surface area contributed by atoms with Gasteiger partial charge in [-0.1, -0.05) is 56.3 Å². The summed E-state index contributed by atoms with van der Waals surface area (Å²) in [5, 5.41) is 4.11. The maximum Gasteiger partial charge on any atom is 0.230 e. The topological polar surface area (TPSA) is 45.2 Å². The fraction of sp³-hybridized carbons (Fsp3) is 0.538. The minimum atomic E-state index is -0.136. The number of halogens is 2. The summed E-state index contributed by atoms with van der Waals surface area (Å²) in [5.41, 5.74) is 2.29. The van der Waals surface area contributed by atoms with E-state index < -0.39 is 0 Å². The fourth-order valence-electron chi connectivity index (χ4n) is 4.47. The van der Waals surface area contributed by atoms with Crippen LogP contribution in [0.5, 0.6) is 0 Å². The van der Waals surface area contributed by atoms with Gasteiger partial charge < -0.3 is 5.32 Å². The van der Waals surface area contributed by atoms with Crippen molar-refractivity contribution >= 4 is 46.6 Å². The van der Waals surface area contributed by atoms with Crippen molar-refractivity contribution in [2.45, 2.75) is 70.2 Å². The molecule has 1 amide bonds. The fourth-order valence-corrected chi connectivity index (χ4v) is 5.70. The van der Waals surface area contributed by atoms with Gasteiger partial charge in [0, 0.05) is 51.2 Å². The van der Waals surface area contributed by atoms with Crippen LogP contribution in [0, 0.1) is 5.92 Å². The van der Waals surface area contributed by atoms with E-state index in [1.165, 1.54) is 32.1 Å². The van der Waals surface area contributed by atoms with Gasteiger partial charge in [0.2, 0.25) is 5.91 Å². The zero-order valence-electron chi connectivity index (χ0n) is 19.7. The van der Waals surface area contributed by atoms with E-state index in [-0.39, 0.29) is 12.3 Å². The lowest BCUT2D eigenvalue weighted by atomic mass is 9.89. The van der Waals surface area contributed by atoms with Crippen molar-refractivity contribution in [3.05, 3.63) is 51.8 Å². The smallest absolute Gasteiger partial charge is 0.230 e. The summed E-state index contributed by atoms with van der Waals surface area (Å²) < 4.78 is 0. The first-order valence-corrected chi connectivity index (χ1v) is 13.8. The Kier molecular flexibility index (Phi) is 10.8. The third-order valence-corrected chi connectivity index (χ3v) is 7.58. The number of aromatic nitrogens is 1. The summed E-state index contributed by atoms with van der Waals surface area (Å²) >= 11 is 15.0. The molecule has 180 valence electrons. The van der Waals surface area contributed by atoms with E-state index in [0.29, 0.717) is 15.7 Å². The van der Waals surface area contributed by atoms with Gasteiger partial charge in [0.1, 0.15) is 0 Å². The lowest BCUT2D eigenvalue weighted by Crippen LogP contribution is -2.31. The number of carbonyl (C=O) groups is 1. The Hall–Kier alpha value is -1.27. The standard InChI is InChI=1S/C26H35Cl2N3OS/c1-3-12-31(17-19-8-6-5-7-9-19)18-23-24(27)13-21(14-25(23)28)30-26(32)15-20-10-11-22(16-29-20)33-4-2/h10-11,13-14,16,19H,3-9,12,15,17-18H2,1-2H3,(H,30,32). The molecule has 33 heavy (non-hydrogen) atoms. The summed E-state index contributed by atoms with van der Waals surface area (Å²) in [7, 11) is 0. The molecule has 4 nitrogen and oxygen atoms in total. The number of amides is 1. The highest BCUT2D eigenvalue weighted by molar-refractivity contribution is 7.99. The second-order valence-electron chi connectivity index (χ2n) is 8.80. The summed E-state index contributed by atoms with van der Waals surface area (Å²) in [6, 6.07) is 7.51. The molecule has 3 rings (SSSR count). The quantitative estimate of drug-likeness (QED) is 0.320. The van der Waals surface area contributed by atoms with E-state index in [2.05, 4.69) is 29.0 Å². The number of hydrogen-bond acceptors (Lipinski definition) is 4. The number of rotatable bonds is 11. The molecule has 1 aromatic heterocycles. The van der Waals surface area contributed by atoms with Crippen molar-refractivity contribution in [2.24, 2.45) is 5.92 Å². The van der Waals surface area contributed by atoms with Gasteiger partial charge in [-0.2, -0.15) is 0 Å². The van der Waals surface area contributed by atoms with Gasteiger partial charge in [-0.25, -0.2) is 0 Å². The van der Waals surface area contributed by atoms with Crippen molar-refractivity contribution < 1.29 is 4.79 Å². The second kappa shape index (κ2) is 13.6. The van der Waals surface area contributed by atoms with Crippen LogP contribution in [0.1, 0.15) is 63.6 Å². The molecular formula is C26H35Cl2N3OS. The molecular weight excluding hydrogens is 473 g/mol. The molecule has 1 aromatic carbocycles. The number of nitrogens with one attached hydrogen (secondary N) is 1. The maximum atomic E-state index is 12.5. The zero-order chi connectivity index (χ0) is 23.6. The number of benzene rings is 1. The Bertz CT molecular complexity index is 878. The van der Waals surface area contributed by atoms with Gasteiger partial charge in [-0.3, -0.25) is 14.7 Å². The first kappa shape index (κ1) is 26.3. The molecule has 1 fully saturated rings. The van der Waals surface area contributed by atoms with Crippen LogP contribution in [-0.2, 0) is 17.8 Å². The first-order chi connectivity index (χ1) is 16.0. The van der Waals surface area contributed by atoms with E-state index in [1.54, 1.807) is 23.9 Å². The lowest BCUT2D eigenvalue weighted by molar-refractivity contribution is -0.115. The van der Waals surface area contributed by atoms with Gasteiger partial charge in [-0.05, 0) is 61.7 Å². The molecule has 0 atom stereocenters. The molecule has 1 saturated carbocycles. The van der Waals surface area contributed by atoms with Crippen molar-refractivity contribution in [1.29, 1.82) is 0 Å². The monoisotopic (exact) mass is 507 g/mol. The van der Waals surface area contributed by atoms with Crippen molar-refractivity contribution in [2.75, 3.05) is 24.2 Å². The molecule has 1 heterocycles. The number of nitrogens with zero attached hydrogens (tertiary/aromatic N) is 2. The summed E-state index contributed by atoms with van der Waals surface area (Å²) in [6.45, 7) is 7.18. The van der Waals surface area contributed by atoms with Crippen molar-refractivity contribution in [1.82, 2.24) is 9.88 Å². The predicted molar refractivity (Wildman–Crippen MR) is 142 cm³/mol. The third kappa shape index (κ3) is 8.47. The van der Waals surface area contributed by atoms with Crippen LogP contribution in [0.15, 0.2) is 35.4 Å². The lowest BCUT2D eigenvalue weighted by Gasteiger charge is -2.30. The SMILES string of the molecule is CCCN(Cc1c(Cl)cc(NC(=O)Cc2ccc(SCC)cn2)cc1Cl)CC1CCCCC1. The Morgan fingerprint density at radius 2 is 1.88 bits per heavy atom. The average molecular weight is 509 g/mol. The number of thioether (sulfide) groups is 1. The second-order valence-corrected chi connectivity index (χ2v) is 11.0. The van der Waals surface area contributed by atoms with Crippen LogP contribution in [0.3, 0.4) is 0 Å². The van der Waals surface area contributed by atoms with Gasteiger partial charge in [0.15, 0.2) is 0 Å². The maximum absolute atomic E-state index is 12.5. The van der Waals surface area contributed by atoms with E-state index in [1.807, 2.05) is 18.3 Å². The molecule has 1 aliphatic carbocycles.